The third-order valence-electron chi connectivity index (χ3n) is 2.20. The molecule has 0 atom stereocenters. The molecule has 0 spiro atoms. The maximum atomic E-state index is 11.6. The molecule has 0 N–H and O–H groups in total. The quantitative estimate of drug-likeness (QED) is 0.376. The first-order valence-corrected chi connectivity index (χ1v) is 6.69. The van der Waals surface area contributed by atoms with E-state index in [0.29, 0.717) is 15.3 Å². The zero-order valence-electron chi connectivity index (χ0n) is 9.00. The van der Waals surface area contributed by atoms with E-state index in [4.69, 9.17) is 4.74 Å². The van der Waals surface area contributed by atoms with Crippen LogP contribution in [-0.4, -0.2) is 32.0 Å². The monoisotopic (exact) mass is 299 g/mol. The molecule has 0 aliphatic heterocycles. The number of rotatable bonds is 3. The summed E-state index contributed by atoms with van der Waals surface area (Å²) in [6.45, 7) is 2.04. The summed E-state index contributed by atoms with van der Waals surface area (Å²) in [5.41, 5.74) is 0.0815. The van der Waals surface area contributed by atoms with E-state index < -0.39 is 4.92 Å². The summed E-state index contributed by atoms with van der Waals surface area (Å²) >= 11 is -0.342. The van der Waals surface area contributed by atoms with Crippen LogP contribution in [0.4, 0.5) is 5.69 Å². The number of benzene rings is 1. The van der Waals surface area contributed by atoms with Gasteiger partial charge in [-0.15, -0.1) is 0 Å². The van der Waals surface area contributed by atoms with Crippen molar-refractivity contribution in [1.82, 2.24) is 0 Å². The zero-order chi connectivity index (χ0) is 12.4. The Morgan fingerprint density at radius 3 is 2.94 bits per heavy atom. The molecular weight excluding hydrogens is 289 g/mol. The predicted octanol–water partition coefficient (Wildman–Crippen LogP) is 1.98. The first-order chi connectivity index (χ1) is 8.13. The fourth-order valence-corrected chi connectivity index (χ4v) is 3.68. The Kier molecular flexibility index (Phi) is 3.26. The summed E-state index contributed by atoms with van der Waals surface area (Å²) in [5, 5.41) is 11.6. The van der Waals surface area contributed by atoms with Crippen molar-refractivity contribution in [2.45, 2.75) is 6.92 Å². The topological polar surface area (TPSA) is 69.4 Å². The molecule has 2 aromatic rings. The molecule has 5 nitrogen and oxygen atoms in total. The molecule has 1 heterocycles. The van der Waals surface area contributed by atoms with Crippen molar-refractivity contribution in [3.05, 3.63) is 38.8 Å². The second-order valence-corrected chi connectivity index (χ2v) is 5.49. The number of hydrogen-bond donors (Lipinski definition) is 0. The molecule has 0 saturated carbocycles. The van der Waals surface area contributed by atoms with Crippen molar-refractivity contribution >= 4 is 35.8 Å². The molecule has 17 heavy (non-hydrogen) atoms. The van der Waals surface area contributed by atoms with Crippen LogP contribution in [0.15, 0.2) is 24.3 Å². The molecular formula is C11H9NO4Se. The van der Waals surface area contributed by atoms with E-state index in [1.165, 1.54) is 6.07 Å². The van der Waals surface area contributed by atoms with Crippen molar-refractivity contribution in [3.63, 3.8) is 0 Å². The number of carbonyl (C=O) groups excluding carboxylic acids is 1. The van der Waals surface area contributed by atoms with Crippen molar-refractivity contribution in [2.75, 3.05) is 6.61 Å². The average molecular weight is 298 g/mol. The van der Waals surface area contributed by atoms with E-state index in [-0.39, 0.29) is 26.2 Å². The second kappa shape index (κ2) is 4.69. The van der Waals surface area contributed by atoms with Crippen molar-refractivity contribution < 1.29 is 14.5 Å². The minimum atomic E-state index is -0.414. The van der Waals surface area contributed by atoms with Crippen LogP contribution in [0, 0.1) is 10.1 Å². The van der Waals surface area contributed by atoms with Crippen LogP contribution in [0.3, 0.4) is 0 Å². The van der Waals surface area contributed by atoms with Gasteiger partial charge in [-0.25, -0.2) is 0 Å². The average Bonchev–Trinajstić information content (AvgIpc) is 2.72. The normalized spacial score (nSPS) is 10.4. The maximum absolute atomic E-state index is 11.6. The van der Waals surface area contributed by atoms with Crippen LogP contribution < -0.4 is 0 Å². The molecule has 0 aliphatic rings. The number of nitrogens with zero attached hydrogens (tertiary/aromatic N) is 1. The van der Waals surface area contributed by atoms with Crippen molar-refractivity contribution in [3.8, 4) is 0 Å². The van der Waals surface area contributed by atoms with Crippen LogP contribution in [0.25, 0.3) is 9.65 Å². The van der Waals surface area contributed by atoms with Gasteiger partial charge in [-0.3, -0.25) is 0 Å². The second-order valence-electron chi connectivity index (χ2n) is 3.28. The van der Waals surface area contributed by atoms with Gasteiger partial charge in [-0.2, -0.15) is 0 Å². The Hall–Kier alpha value is -1.65. The molecule has 6 heteroatoms. The number of ether oxygens (including phenoxy) is 1. The molecule has 0 amide bonds. The molecule has 2 rings (SSSR count). The van der Waals surface area contributed by atoms with Gasteiger partial charge >= 0.3 is 103 Å². The predicted molar refractivity (Wildman–Crippen MR) is 63.5 cm³/mol. The number of non-ortho nitro benzene ring substituents is 1. The van der Waals surface area contributed by atoms with Crippen LogP contribution in [0.5, 0.6) is 0 Å². The fraction of sp³-hybridized carbons (Fsp3) is 0.182. The van der Waals surface area contributed by atoms with Gasteiger partial charge in [-0.1, -0.05) is 0 Å². The van der Waals surface area contributed by atoms with Crippen molar-refractivity contribution in [1.29, 1.82) is 0 Å². The molecule has 0 unspecified atom stereocenters. The summed E-state index contributed by atoms with van der Waals surface area (Å²) in [4.78, 5) is 22.0. The van der Waals surface area contributed by atoms with Crippen molar-refractivity contribution in [2.24, 2.45) is 0 Å². The number of nitro benzene ring substituents is 1. The van der Waals surface area contributed by atoms with Gasteiger partial charge in [0.15, 0.2) is 0 Å². The number of esters is 1. The van der Waals surface area contributed by atoms with E-state index in [2.05, 4.69) is 0 Å². The number of nitro groups is 1. The van der Waals surface area contributed by atoms with Gasteiger partial charge in [0.2, 0.25) is 0 Å². The molecule has 0 fully saturated rings. The molecule has 1 aromatic carbocycles. The van der Waals surface area contributed by atoms with E-state index in [0.717, 1.165) is 5.39 Å². The first kappa shape index (κ1) is 11.8. The number of hydrogen-bond acceptors (Lipinski definition) is 4. The van der Waals surface area contributed by atoms with Gasteiger partial charge in [0, 0.05) is 0 Å². The summed E-state index contributed by atoms with van der Waals surface area (Å²) < 4.78 is 6.07. The molecule has 0 bridgehead atoms. The Balaban J connectivity index is 2.54. The molecule has 1 aromatic heterocycles. The van der Waals surface area contributed by atoms with Crippen LogP contribution in [0.1, 0.15) is 16.2 Å². The molecule has 88 valence electrons. The van der Waals surface area contributed by atoms with Gasteiger partial charge < -0.3 is 0 Å². The first-order valence-electron chi connectivity index (χ1n) is 4.97. The summed E-state index contributed by atoms with van der Waals surface area (Å²) in [6.07, 6.45) is 0. The Bertz CT molecular complexity index is 590. The van der Waals surface area contributed by atoms with E-state index >= 15 is 0 Å². The Morgan fingerprint density at radius 2 is 2.29 bits per heavy atom. The Morgan fingerprint density at radius 1 is 1.53 bits per heavy atom. The molecule has 0 aliphatic carbocycles. The Labute approximate surface area is 103 Å². The van der Waals surface area contributed by atoms with Crippen LogP contribution in [-0.2, 0) is 4.74 Å². The standard InChI is InChI=1S/C11H9NO4Se/c1-2-16-11(13)9-6-7-4-3-5-8(12(14)15)10(7)17-9/h3-6H,2H2,1H3. The summed E-state index contributed by atoms with van der Waals surface area (Å²) in [5.74, 6) is -0.377. The third-order valence-corrected chi connectivity index (χ3v) is 4.62. The van der Waals surface area contributed by atoms with E-state index in [1.807, 2.05) is 0 Å². The summed E-state index contributed by atoms with van der Waals surface area (Å²) in [7, 11) is 0. The van der Waals surface area contributed by atoms with Crippen LogP contribution >= 0.6 is 0 Å². The summed E-state index contributed by atoms with van der Waals surface area (Å²) in [6, 6.07) is 6.54. The van der Waals surface area contributed by atoms with Gasteiger partial charge in [-0.05, 0) is 0 Å². The number of carbonyl (C=O) groups is 1. The van der Waals surface area contributed by atoms with E-state index in [9.17, 15) is 14.9 Å². The fourth-order valence-electron chi connectivity index (χ4n) is 1.49. The molecule has 0 radical (unpaired) electrons. The minimum absolute atomic E-state index is 0.0815. The molecule has 0 saturated heterocycles. The van der Waals surface area contributed by atoms with Gasteiger partial charge in [0.05, 0.1) is 0 Å². The van der Waals surface area contributed by atoms with Crippen LogP contribution in [0.2, 0.25) is 0 Å². The van der Waals surface area contributed by atoms with Gasteiger partial charge in [0.1, 0.15) is 0 Å². The third kappa shape index (κ3) is 2.23. The van der Waals surface area contributed by atoms with E-state index in [1.54, 1.807) is 25.1 Å². The van der Waals surface area contributed by atoms with Gasteiger partial charge in [0.25, 0.3) is 0 Å². The number of fused-ring (bicyclic) bond motifs is 1. The zero-order valence-corrected chi connectivity index (χ0v) is 10.7. The SMILES string of the molecule is CCOC(=O)c1cc2cccc([N+](=O)[O-])c2[se]1.